The summed E-state index contributed by atoms with van der Waals surface area (Å²) in [5.74, 6) is 0. The van der Waals surface area contributed by atoms with E-state index in [-0.39, 0.29) is 6.04 Å². The highest BCUT2D eigenvalue weighted by molar-refractivity contribution is 5.48. The molecule has 3 nitrogen and oxygen atoms in total. The van der Waals surface area contributed by atoms with E-state index in [1.54, 1.807) is 0 Å². The molecule has 1 atom stereocenters. The van der Waals surface area contributed by atoms with Crippen molar-refractivity contribution < 1.29 is 4.79 Å². The van der Waals surface area contributed by atoms with Crippen molar-refractivity contribution >= 4 is 6.29 Å². The molecule has 0 fully saturated rings. The van der Waals surface area contributed by atoms with Crippen LogP contribution in [0.5, 0.6) is 0 Å². The van der Waals surface area contributed by atoms with Crippen molar-refractivity contribution in [1.29, 1.82) is 0 Å². The molecule has 0 N–H and O–H groups in total. The minimum absolute atomic E-state index is 0.126. The highest BCUT2D eigenvalue weighted by Gasteiger charge is 2.03. The first-order valence-corrected chi connectivity index (χ1v) is 8.77. The molecule has 3 heteroatoms. The Morgan fingerprint density at radius 3 is 2.10 bits per heavy atom. The molecule has 0 aromatic heterocycles. The van der Waals surface area contributed by atoms with Crippen LogP contribution in [0.25, 0.3) is 0 Å². The Bertz CT molecular complexity index is 264. The van der Waals surface area contributed by atoms with Gasteiger partial charge in [0.15, 0.2) is 0 Å². The molecule has 0 heterocycles. The van der Waals surface area contributed by atoms with E-state index in [9.17, 15) is 9.70 Å². The summed E-state index contributed by atoms with van der Waals surface area (Å²) >= 11 is 0. The fraction of sp³-hybridized carbons (Fsp3) is 0.833. The normalized spacial score (nSPS) is 12.6. The molecule has 1 unspecified atom stereocenters. The molecule has 0 spiro atoms. The molecule has 0 radical (unpaired) electrons. The van der Waals surface area contributed by atoms with E-state index in [1.807, 2.05) is 6.08 Å². The lowest BCUT2D eigenvalue weighted by atomic mass is 10.0. The van der Waals surface area contributed by atoms with Crippen LogP contribution in [0.4, 0.5) is 0 Å². The Hall–Kier alpha value is -0.990. The average molecular weight is 295 g/mol. The lowest BCUT2D eigenvalue weighted by molar-refractivity contribution is -0.107. The summed E-state index contributed by atoms with van der Waals surface area (Å²) in [7, 11) is 0. The van der Waals surface area contributed by atoms with E-state index in [0.717, 1.165) is 38.4 Å². The van der Waals surface area contributed by atoms with Gasteiger partial charge in [-0.15, -0.1) is 0 Å². The molecule has 0 rings (SSSR count). The topological polar surface area (TPSA) is 46.5 Å². The maximum absolute atomic E-state index is 10.8. The predicted molar refractivity (Wildman–Crippen MR) is 90.5 cm³/mol. The maximum Gasteiger partial charge on any atom is 0.119 e. The van der Waals surface area contributed by atoms with Gasteiger partial charge in [0.05, 0.1) is 0 Å². The first-order valence-electron chi connectivity index (χ1n) is 8.77. The number of aldehydes is 1. The zero-order valence-electron chi connectivity index (χ0n) is 13.8. The van der Waals surface area contributed by atoms with Gasteiger partial charge in [-0.3, -0.25) is 0 Å². The van der Waals surface area contributed by atoms with Gasteiger partial charge in [-0.05, 0) is 25.7 Å². The monoisotopic (exact) mass is 295 g/mol. The number of allylic oxidation sites excluding steroid dienone is 1. The summed E-state index contributed by atoms with van der Waals surface area (Å²) in [5.41, 5.74) is 0. The lowest BCUT2D eigenvalue weighted by Gasteiger charge is -2.04. The lowest BCUT2D eigenvalue weighted by Crippen LogP contribution is -1.98. The summed E-state index contributed by atoms with van der Waals surface area (Å²) in [6.45, 7) is 2.20. The standard InChI is InChI=1S/C18H33NO2/c1-2-3-4-9-12-15-18(19-21)16-13-10-7-5-6-8-11-14-17-20/h12,15,17-18H,2-11,13-14,16H2,1H3/b15-12+. The van der Waals surface area contributed by atoms with Crippen LogP contribution in [0, 0.1) is 4.91 Å². The number of hydrogen-bond acceptors (Lipinski definition) is 3. The van der Waals surface area contributed by atoms with E-state index < -0.39 is 0 Å². The maximum atomic E-state index is 10.8. The first-order chi connectivity index (χ1) is 10.3. The molecule has 0 saturated carbocycles. The van der Waals surface area contributed by atoms with Crippen molar-refractivity contribution in [3.05, 3.63) is 17.1 Å². The van der Waals surface area contributed by atoms with E-state index in [0.29, 0.717) is 6.42 Å². The molecule has 0 aliphatic rings. The van der Waals surface area contributed by atoms with Gasteiger partial charge in [-0.25, -0.2) is 0 Å². The third-order valence-electron chi connectivity index (χ3n) is 3.79. The minimum Gasteiger partial charge on any atom is -0.303 e. The smallest absolute Gasteiger partial charge is 0.119 e. The number of hydrogen-bond donors (Lipinski definition) is 0. The van der Waals surface area contributed by atoms with Crippen LogP contribution in [0.2, 0.25) is 0 Å². The van der Waals surface area contributed by atoms with Crippen molar-refractivity contribution in [2.24, 2.45) is 5.18 Å². The first kappa shape index (κ1) is 20.0. The molecular weight excluding hydrogens is 262 g/mol. The Morgan fingerprint density at radius 1 is 0.857 bits per heavy atom. The van der Waals surface area contributed by atoms with Gasteiger partial charge in [0.25, 0.3) is 0 Å². The largest absolute Gasteiger partial charge is 0.303 e. The van der Waals surface area contributed by atoms with Crippen LogP contribution < -0.4 is 0 Å². The third kappa shape index (κ3) is 15.2. The molecular formula is C18H33NO2. The fourth-order valence-electron chi connectivity index (χ4n) is 2.41. The minimum atomic E-state index is -0.126. The van der Waals surface area contributed by atoms with Crippen LogP contribution in [-0.2, 0) is 4.79 Å². The summed E-state index contributed by atoms with van der Waals surface area (Å²) in [6, 6.07) is -0.126. The zero-order chi connectivity index (χ0) is 15.6. The number of unbranched alkanes of at least 4 members (excludes halogenated alkanes) is 10. The van der Waals surface area contributed by atoms with Gasteiger partial charge < -0.3 is 4.79 Å². The molecule has 0 aromatic rings. The van der Waals surface area contributed by atoms with Crippen molar-refractivity contribution in [2.45, 2.75) is 96.4 Å². The summed E-state index contributed by atoms with van der Waals surface area (Å²) in [4.78, 5) is 20.9. The van der Waals surface area contributed by atoms with Crippen LogP contribution in [0.1, 0.15) is 90.4 Å². The van der Waals surface area contributed by atoms with Gasteiger partial charge in [0.2, 0.25) is 0 Å². The number of nitroso groups, excluding NO2 is 1. The third-order valence-corrected chi connectivity index (χ3v) is 3.79. The Kier molecular flexibility index (Phi) is 16.3. The quantitative estimate of drug-likeness (QED) is 0.152. The van der Waals surface area contributed by atoms with Crippen molar-refractivity contribution in [3.63, 3.8) is 0 Å². The van der Waals surface area contributed by atoms with E-state index >= 15 is 0 Å². The number of nitrogens with zero attached hydrogens (tertiary/aromatic N) is 1. The molecule has 0 aliphatic heterocycles. The Morgan fingerprint density at radius 2 is 1.48 bits per heavy atom. The molecule has 0 amide bonds. The van der Waals surface area contributed by atoms with Gasteiger partial charge in [0.1, 0.15) is 12.3 Å². The van der Waals surface area contributed by atoms with Gasteiger partial charge in [-0.1, -0.05) is 75.6 Å². The van der Waals surface area contributed by atoms with E-state index in [4.69, 9.17) is 0 Å². The Labute approximate surface area is 130 Å². The average Bonchev–Trinajstić information content (AvgIpc) is 2.51. The van der Waals surface area contributed by atoms with Gasteiger partial charge in [-0.2, -0.15) is 4.91 Å². The van der Waals surface area contributed by atoms with Crippen LogP contribution in [0.15, 0.2) is 17.3 Å². The SMILES string of the molecule is CCCCC/C=C/C(CCCCCCCCCC=O)N=O. The van der Waals surface area contributed by atoms with E-state index in [2.05, 4.69) is 18.2 Å². The highest BCUT2D eigenvalue weighted by atomic mass is 16.3. The van der Waals surface area contributed by atoms with Crippen LogP contribution >= 0.6 is 0 Å². The second-order valence-corrected chi connectivity index (χ2v) is 5.82. The molecule has 0 bridgehead atoms. The zero-order valence-corrected chi connectivity index (χ0v) is 13.8. The number of carbonyl (C=O) groups excluding carboxylic acids is 1. The second-order valence-electron chi connectivity index (χ2n) is 5.82. The fourth-order valence-corrected chi connectivity index (χ4v) is 2.41. The van der Waals surface area contributed by atoms with Crippen LogP contribution in [0.3, 0.4) is 0 Å². The number of carbonyl (C=O) groups is 1. The molecule has 0 aliphatic carbocycles. The summed E-state index contributed by atoms with van der Waals surface area (Å²) in [6.07, 6.45) is 19.6. The Balaban J connectivity index is 3.42. The van der Waals surface area contributed by atoms with Gasteiger partial charge in [0, 0.05) is 6.42 Å². The summed E-state index contributed by atoms with van der Waals surface area (Å²) in [5, 5.41) is 3.20. The second kappa shape index (κ2) is 17.1. The van der Waals surface area contributed by atoms with Crippen LogP contribution in [-0.4, -0.2) is 12.3 Å². The molecule has 0 saturated heterocycles. The van der Waals surface area contributed by atoms with Crippen molar-refractivity contribution in [1.82, 2.24) is 0 Å². The van der Waals surface area contributed by atoms with E-state index in [1.165, 1.54) is 44.9 Å². The highest BCUT2D eigenvalue weighted by Crippen LogP contribution is 2.12. The molecule has 21 heavy (non-hydrogen) atoms. The van der Waals surface area contributed by atoms with Crippen molar-refractivity contribution in [2.75, 3.05) is 0 Å². The summed E-state index contributed by atoms with van der Waals surface area (Å²) < 4.78 is 0. The number of rotatable bonds is 16. The van der Waals surface area contributed by atoms with Gasteiger partial charge >= 0.3 is 0 Å². The predicted octanol–water partition coefficient (Wildman–Crippen LogP) is 5.97. The molecule has 122 valence electrons. The van der Waals surface area contributed by atoms with Crippen molar-refractivity contribution in [3.8, 4) is 0 Å². The molecule has 0 aromatic carbocycles.